The van der Waals surface area contributed by atoms with Gasteiger partial charge in [-0.1, -0.05) is 0 Å². The normalized spacial score (nSPS) is 10.3. The second-order valence-electron chi connectivity index (χ2n) is 3.83. The molecule has 2 aromatic rings. The first-order valence-electron chi connectivity index (χ1n) is 5.22. The van der Waals surface area contributed by atoms with Gasteiger partial charge in [0.05, 0.1) is 12.8 Å². The van der Waals surface area contributed by atoms with Crippen LogP contribution in [0.25, 0.3) is 11.3 Å². The lowest BCUT2D eigenvalue weighted by Gasteiger charge is -2.10. The molecule has 0 saturated heterocycles. The molecule has 1 heterocycles. The van der Waals surface area contributed by atoms with Crippen LogP contribution < -0.4 is 4.74 Å². The van der Waals surface area contributed by atoms with Crippen LogP contribution >= 0.6 is 11.3 Å². The maximum atomic E-state index is 10.6. The van der Waals surface area contributed by atoms with Gasteiger partial charge in [-0.15, -0.1) is 11.3 Å². The van der Waals surface area contributed by atoms with E-state index in [1.165, 1.54) is 11.3 Å². The summed E-state index contributed by atoms with van der Waals surface area (Å²) in [5.41, 5.74) is 4.00. The number of aryl methyl sites for hydroxylation is 2. The highest BCUT2D eigenvalue weighted by atomic mass is 32.1. The van der Waals surface area contributed by atoms with Crippen molar-refractivity contribution in [3.8, 4) is 17.0 Å². The number of rotatable bonds is 3. The fourth-order valence-corrected chi connectivity index (χ4v) is 2.52. The molecule has 1 aromatic heterocycles. The zero-order chi connectivity index (χ0) is 12.4. The summed E-state index contributed by atoms with van der Waals surface area (Å²) in [7, 11) is 1.67. The van der Waals surface area contributed by atoms with Gasteiger partial charge in [0.25, 0.3) is 0 Å². The van der Waals surface area contributed by atoms with Crippen molar-refractivity contribution in [1.29, 1.82) is 0 Å². The number of carbonyl (C=O) groups is 1. The van der Waals surface area contributed by atoms with Gasteiger partial charge in [0, 0.05) is 10.9 Å². The zero-order valence-corrected chi connectivity index (χ0v) is 10.8. The number of hydrogen-bond acceptors (Lipinski definition) is 4. The van der Waals surface area contributed by atoms with Gasteiger partial charge in [0.1, 0.15) is 5.75 Å². The maximum absolute atomic E-state index is 10.6. The van der Waals surface area contributed by atoms with Crippen molar-refractivity contribution >= 4 is 17.6 Å². The van der Waals surface area contributed by atoms with Crippen molar-refractivity contribution in [1.82, 2.24) is 4.98 Å². The van der Waals surface area contributed by atoms with Crippen LogP contribution in [-0.4, -0.2) is 18.4 Å². The molecule has 0 radical (unpaired) electrons. The van der Waals surface area contributed by atoms with E-state index in [9.17, 15) is 4.79 Å². The molecule has 1 aromatic carbocycles. The molecule has 0 saturated carbocycles. The molecule has 88 valence electrons. The number of ether oxygens (including phenoxy) is 1. The van der Waals surface area contributed by atoms with Gasteiger partial charge < -0.3 is 4.74 Å². The van der Waals surface area contributed by atoms with E-state index in [4.69, 9.17) is 4.74 Å². The van der Waals surface area contributed by atoms with E-state index in [1.54, 1.807) is 7.11 Å². The van der Waals surface area contributed by atoms with Crippen molar-refractivity contribution < 1.29 is 9.53 Å². The van der Waals surface area contributed by atoms with Crippen LogP contribution in [0, 0.1) is 13.8 Å². The fraction of sp³-hybridized carbons (Fsp3) is 0.231. The number of benzene rings is 1. The second-order valence-corrected chi connectivity index (χ2v) is 4.72. The molecule has 0 spiro atoms. The third-order valence-electron chi connectivity index (χ3n) is 2.58. The number of carbonyl (C=O) groups excluding carboxylic acids is 1. The first-order chi connectivity index (χ1) is 8.15. The Hall–Kier alpha value is -1.68. The number of aromatic nitrogens is 1. The summed E-state index contributed by atoms with van der Waals surface area (Å²) in [6.45, 7) is 4.00. The molecule has 0 aliphatic carbocycles. The SMILES string of the molecule is COc1c(C)cc(-c2csc(C=O)n2)cc1C. The minimum absolute atomic E-state index is 0.506. The van der Waals surface area contributed by atoms with E-state index in [1.807, 2.05) is 31.4 Å². The number of hydrogen-bond donors (Lipinski definition) is 0. The third kappa shape index (κ3) is 2.22. The smallest absolute Gasteiger partial charge is 0.178 e. The Morgan fingerprint density at radius 2 is 1.94 bits per heavy atom. The molecule has 2 rings (SSSR count). The van der Waals surface area contributed by atoms with Crippen LogP contribution in [0.5, 0.6) is 5.75 Å². The molecule has 0 unspecified atom stereocenters. The van der Waals surface area contributed by atoms with Crippen molar-refractivity contribution in [2.45, 2.75) is 13.8 Å². The second kappa shape index (κ2) is 4.67. The van der Waals surface area contributed by atoms with E-state index in [2.05, 4.69) is 4.98 Å². The van der Waals surface area contributed by atoms with E-state index in [-0.39, 0.29) is 0 Å². The van der Waals surface area contributed by atoms with Gasteiger partial charge in [0.2, 0.25) is 0 Å². The monoisotopic (exact) mass is 247 g/mol. The first kappa shape index (κ1) is 11.8. The van der Waals surface area contributed by atoms with Crippen LogP contribution in [0.15, 0.2) is 17.5 Å². The number of aldehydes is 1. The molecule has 0 aliphatic heterocycles. The predicted molar refractivity (Wildman–Crippen MR) is 69.0 cm³/mol. The standard InChI is InChI=1S/C13H13NO2S/c1-8-4-10(5-9(2)13(8)16-3)11-7-17-12(6-15)14-11/h4-7H,1-3H3. The van der Waals surface area contributed by atoms with Crippen molar-refractivity contribution in [3.63, 3.8) is 0 Å². The van der Waals surface area contributed by atoms with E-state index >= 15 is 0 Å². The van der Waals surface area contributed by atoms with Crippen molar-refractivity contribution in [3.05, 3.63) is 33.6 Å². The summed E-state index contributed by atoms with van der Waals surface area (Å²) in [6, 6.07) is 4.05. The van der Waals surface area contributed by atoms with E-state index in [0.29, 0.717) is 5.01 Å². The van der Waals surface area contributed by atoms with Gasteiger partial charge >= 0.3 is 0 Å². The molecule has 0 amide bonds. The highest BCUT2D eigenvalue weighted by Crippen LogP contribution is 2.30. The summed E-state index contributed by atoms with van der Waals surface area (Å²) in [5.74, 6) is 0.902. The number of thiazole rings is 1. The van der Waals surface area contributed by atoms with Gasteiger partial charge in [-0.25, -0.2) is 4.98 Å². The molecule has 0 atom stereocenters. The zero-order valence-electron chi connectivity index (χ0n) is 9.98. The van der Waals surface area contributed by atoms with Gasteiger partial charge in [-0.3, -0.25) is 4.79 Å². The summed E-state index contributed by atoms with van der Waals surface area (Å²) >= 11 is 1.36. The van der Waals surface area contributed by atoms with Crippen LogP contribution in [0.2, 0.25) is 0 Å². The fourth-order valence-electron chi connectivity index (χ4n) is 1.89. The molecule has 3 nitrogen and oxygen atoms in total. The Bertz CT molecular complexity index is 537. The predicted octanol–water partition coefficient (Wildman–Crippen LogP) is 3.25. The average Bonchev–Trinajstić information content (AvgIpc) is 2.77. The van der Waals surface area contributed by atoms with Gasteiger partial charge in [0.15, 0.2) is 11.3 Å². The summed E-state index contributed by atoms with van der Waals surface area (Å²) in [4.78, 5) is 14.9. The quantitative estimate of drug-likeness (QED) is 0.781. The molecule has 0 aliphatic rings. The summed E-state index contributed by atoms with van der Waals surface area (Å²) in [5, 5.41) is 2.40. The molecule has 4 heteroatoms. The minimum atomic E-state index is 0.506. The average molecular weight is 247 g/mol. The molecule has 0 fully saturated rings. The molecular formula is C13H13NO2S. The Morgan fingerprint density at radius 1 is 1.29 bits per heavy atom. The summed E-state index contributed by atoms with van der Waals surface area (Å²) < 4.78 is 5.32. The Kier molecular flexibility index (Phi) is 3.24. The van der Waals surface area contributed by atoms with Crippen LogP contribution in [0.1, 0.15) is 20.9 Å². The molecule has 17 heavy (non-hydrogen) atoms. The molecular weight excluding hydrogens is 234 g/mol. The highest BCUT2D eigenvalue weighted by molar-refractivity contribution is 7.11. The lowest BCUT2D eigenvalue weighted by atomic mass is 10.0. The molecule has 0 bridgehead atoms. The molecule has 0 N–H and O–H groups in total. The largest absolute Gasteiger partial charge is 0.496 e. The third-order valence-corrected chi connectivity index (χ3v) is 3.35. The lowest BCUT2D eigenvalue weighted by molar-refractivity contribution is 0.112. The van der Waals surface area contributed by atoms with Gasteiger partial charge in [-0.05, 0) is 37.1 Å². The van der Waals surface area contributed by atoms with Crippen molar-refractivity contribution in [2.24, 2.45) is 0 Å². The van der Waals surface area contributed by atoms with Gasteiger partial charge in [-0.2, -0.15) is 0 Å². The Labute approximate surface area is 104 Å². The highest BCUT2D eigenvalue weighted by Gasteiger charge is 2.09. The lowest BCUT2D eigenvalue weighted by Crippen LogP contribution is -1.92. The number of methoxy groups -OCH3 is 1. The number of nitrogens with zero attached hydrogens (tertiary/aromatic N) is 1. The van der Waals surface area contributed by atoms with E-state index in [0.717, 1.165) is 34.4 Å². The van der Waals surface area contributed by atoms with Crippen LogP contribution in [0.4, 0.5) is 0 Å². The first-order valence-corrected chi connectivity index (χ1v) is 6.10. The topological polar surface area (TPSA) is 39.2 Å². The van der Waals surface area contributed by atoms with Crippen LogP contribution in [0.3, 0.4) is 0 Å². The summed E-state index contributed by atoms with van der Waals surface area (Å²) in [6.07, 6.45) is 0.775. The van der Waals surface area contributed by atoms with Crippen molar-refractivity contribution in [2.75, 3.05) is 7.11 Å². The minimum Gasteiger partial charge on any atom is -0.496 e. The maximum Gasteiger partial charge on any atom is 0.178 e. The Morgan fingerprint density at radius 3 is 2.41 bits per heavy atom. The Balaban J connectivity index is 2.49. The van der Waals surface area contributed by atoms with Crippen LogP contribution in [-0.2, 0) is 0 Å². The van der Waals surface area contributed by atoms with E-state index < -0.39 is 0 Å².